The quantitative estimate of drug-likeness (QED) is 0.501. The van der Waals surface area contributed by atoms with E-state index in [4.69, 9.17) is 0 Å². The largest absolute Gasteiger partial charge is 0.492 e. The van der Waals surface area contributed by atoms with Crippen LogP contribution >= 0.6 is 12.2 Å². The van der Waals surface area contributed by atoms with Gasteiger partial charge in [0, 0.05) is 5.56 Å². The van der Waals surface area contributed by atoms with E-state index < -0.39 is 18.0 Å². The molecule has 0 atom stereocenters. The third-order valence-electron chi connectivity index (χ3n) is 1.66. The van der Waals surface area contributed by atoms with Crippen LogP contribution in [0.2, 0.25) is 0 Å². The number of rotatable bonds is 3. The number of hydrogen-bond donors (Lipinski definition) is 2. The summed E-state index contributed by atoms with van der Waals surface area (Å²) in [5.74, 6) is -3.12. The summed E-state index contributed by atoms with van der Waals surface area (Å²) in [5, 5.41) is 0. The zero-order valence-electron chi connectivity index (χ0n) is 8.55. The summed E-state index contributed by atoms with van der Waals surface area (Å²) in [7, 11) is 0. The molecule has 0 aliphatic heterocycles. The van der Waals surface area contributed by atoms with Crippen LogP contribution in [0.25, 0.3) is 0 Å². The number of thiocarbonyl (C=S) groups is 1. The number of nitrogens with one attached hydrogen (secondary N) is 2. The van der Waals surface area contributed by atoms with Gasteiger partial charge >= 0.3 is 12.1 Å². The average Bonchev–Trinajstić information content (AvgIpc) is 2.28. The minimum atomic E-state index is -5.13. The van der Waals surface area contributed by atoms with Crippen LogP contribution in [0.3, 0.4) is 0 Å². The van der Waals surface area contributed by atoms with Crippen LogP contribution in [0.15, 0.2) is 24.3 Å². The Bertz CT molecular complexity index is 464. The molecule has 1 aromatic carbocycles. The van der Waals surface area contributed by atoms with E-state index in [0.717, 1.165) is 6.07 Å². The van der Waals surface area contributed by atoms with Gasteiger partial charge in [0.15, 0.2) is 0 Å². The first kappa shape index (κ1) is 14.3. The highest BCUT2D eigenvalue weighted by atomic mass is 32.1. The molecule has 0 aromatic heterocycles. The number of halogens is 4. The summed E-state index contributed by atoms with van der Waals surface area (Å²) in [6.07, 6.45) is -5.13. The Morgan fingerprint density at radius 1 is 1.28 bits per heavy atom. The van der Waals surface area contributed by atoms with Crippen LogP contribution in [0, 0.1) is 5.82 Å². The van der Waals surface area contributed by atoms with Crippen molar-refractivity contribution in [3.63, 3.8) is 0 Å². The van der Waals surface area contributed by atoms with Gasteiger partial charge in [-0.25, -0.2) is 9.18 Å². The van der Waals surface area contributed by atoms with Crippen LogP contribution < -0.4 is 11.0 Å². The summed E-state index contributed by atoms with van der Waals surface area (Å²) in [6, 6.07) is 5.32. The van der Waals surface area contributed by atoms with Crippen LogP contribution in [0.5, 0.6) is 0 Å². The number of carbonyl (C=O) groups is 1. The zero-order valence-corrected chi connectivity index (χ0v) is 9.36. The van der Waals surface area contributed by atoms with Gasteiger partial charge in [-0.05, 0) is 12.1 Å². The lowest BCUT2D eigenvalue weighted by Crippen LogP contribution is -2.41. The second-order valence-corrected chi connectivity index (χ2v) is 3.33. The van der Waals surface area contributed by atoms with Crippen molar-refractivity contribution < 1.29 is 27.2 Å². The van der Waals surface area contributed by atoms with Crippen LogP contribution in [-0.4, -0.2) is 17.1 Å². The Labute approximate surface area is 104 Å². The number of carbonyl (C=O) groups excluding carboxylic acids is 1. The number of hydrazine groups is 1. The van der Waals surface area contributed by atoms with Crippen molar-refractivity contribution in [3.8, 4) is 0 Å². The SMILES string of the molecule is O=C(ONNC(=S)c1ccccc1F)C(F)(F)F. The highest BCUT2D eigenvalue weighted by Gasteiger charge is 2.41. The van der Waals surface area contributed by atoms with E-state index in [1.54, 1.807) is 0 Å². The Morgan fingerprint density at radius 2 is 1.89 bits per heavy atom. The molecular formula is C9H6F4N2O2S. The molecule has 0 spiro atoms. The zero-order chi connectivity index (χ0) is 13.8. The smallest absolute Gasteiger partial charge is 0.343 e. The molecule has 0 fully saturated rings. The molecule has 9 heteroatoms. The summed E-state index contributed by atoms with van der Waals surface area (Å²) < 4.78 is 48.3. The topological polar surface area (TPSA) is 50.4 Å². The second kappa shape index (κ2) is 5.74. The van der Waals surface area contributed by atoms with Crippen molar-refractivity contribution in [3.05, 3.63) is 35.6 Å². The van der Waals surface area contributed by atoms with Gasteiger partial charge in [0.25, 0.3) is 0 Å². The van der Waals surface area contributed by atoms with E-state index in [1.165, 1.54) is 23.8 Å². The third-order valence-corrected chi connectivity index (χ3v) is 1.98. The van der Waals surface area contributed by atoms with Crippen molar-refractivity contribution in [2.24, 2.45) is 0 Å². The molecule has 4 nitrogen and oxygen atoms in total. The Hall–Kier alpha value is -1.74. The Balaban J connectivity index is 2.49. The Morgan fingerprint density at radius 3 is 2.44 bits per heavy atom. The molecule has 0 radical (unpaired) electrons. The first-order valence-electron chi connectivity index (χ1n) is 4.40. The number of hydrogen-bond acceptors (Lipinski definition) is 4. The van der Waals surface area contributed by atoms with Gasteiger partial charge in [-0.1, -0.05) is 29.9 Å². The van der Waals surface area contributed by atoms with E-state index in [-0.39, 0.29) is 10.6 Å². The lowest BCUT2D eigenvalue weighted by Gasteiger charge is -2.10. The molecule has 18 heavy (non-hydrogen) atoms. The number of benzene rings is 1. The fourth-order valence-electron chi connectivity index (χ4n) is 0.889. The van der Waals surface area contributed by atoms with E-state index in [9.17, 15) is 22.4 Å². The van der Waals surface area contributed by atoms with Gasteiger partial charge in [0.05, 0.1) is 0 Å². The normalized spacial score (nSPS) is 10.9. The highest BCUT2D eigenvalue weighted by Crippen LogP contribution is 2.15. The monoisotopic (exact) mass is 282 g/mol. The third kappa shape index (κ3) is 3.93. The summed E-state index contributed by atoms with van der Waals surface area (Å²) in [6.45, 7) is 0. The molecule has 0 amide bonds. The summed E-state index contributed by atoms with van der Waals surface area (Å²) in [4.78, 5) is 13.6. The molecule has 0 saturated heterocycles. The van der Waals surface area contributed by atoms with Gasteiger partial charge in [0.1, 0.15) is 10.8 Å². The van der Waals surface area contributed by atoms with Gasteiger partial charge in [0.2, 0.25) is 0 Å². The van der Waals surface area contributed by atoms with E-state index >= 15 is 0 Å². The molecular weight excluding hydrogens is 276 g/mol. The highest BCUT2D eigenvalue weighted by molar-refractivity contribution is 7.80. The molecule has 2 N–H and O–H groups in total. The molecule has 0 aliphatic carbocycles. The van der Waals surface area contributed by atoms with Gasteiger partial charge in [-0.3, -0.25) is 5.43 Å². The summed E-state index contributed by atoms with van der Waals surface area (Å²) in [5.41, 5.74) is 3.38. The van der Waals surface area contributed by atoms with Crippen molar-refractivity contribution in [1.82, 2.24) is 11.0 Å². The summed E-state index contributed by atoms with van der Waals surface area (Å²) >= 11 is 4.67. The predicted molar refractivity (Wildman–Crippen MR) is 56.5 cm³/mol. The molecule has 0 saturated carbocycles. The lowest BCUT2D eigenvalue weighted by atomic mass is 10.2. The average molecular weight is 282 g/mol. The van der Waals surface area contributed by atoms with Crippen molar-refractivity contribution in [2.45, 2.75) is 6.18 Å². The fourth-order valence-corrected chi connectivity index (χ4v) is 1.10. The van der Waals surface area contributed by atoms with Crippen molar-refractivity contribution in [2.75, 3.05) is 0 Å². The first-order chi connectivity index (χ1) is 8.32. The maximum atomic E-state index is 13.2. The van der Waals surface area contributed by atoms with Crippen LogP contribution in [0.4, 0.5) is 17.6 Å². The van der Waals surface area contributed by atoms with E-state index in [0.29, 0.717) is 0 Å². The molecule has 0 unspecified atom stereocenters. The fraction of sp³-hybridized carbons (Fsp3) is 0.111. The standard InChI is InChI=1S/C9H6F4N2O2S/c10-6-4-2-1-3-5(6)7(18)14-15-17-8(16)9(11,12)13/h1-4,15H,(H,14,18). The van der Waals surface area contributed by atoms with Crippen molar-refractivity contribution in [1.29, 1.82) is 0 Å². The minimum absolute atomic E-state index is 0.0527. The molecule has 1 rings (SSSR count). The predicted octanol–water partition coefficient (Wildman–Crippen LogP) is 1.62. The molecule has 0 aliphatic rings. The van der Waals surface area contributed by atoms with Gasteiger partial charge < -0.3 is 4.84 Å². The van der Waals surface area contributed by atoms with Crippen LogP contribution in [0.1, 0.15) is 5.56 Å². The van der Waals surface area contributed by atoms with Crippen molar-refractivity contribution >= 4 is 23.2 Å². The van der Waals surface area contributed by atoms with Gasteiger partial charge in [-0.15, -0.1) is 0 Å². The lowest BCUT2D eigenvalue weighted by molar-refractivity contribution is -0.208. The molecule has 0 heterocycles. The number of alkyl halides is 3. The minimum Gasteiger partial charge on any atom is -0.343 e. The van der Waals surface area contributed by atoms with Gasteiger partial charge in [-0.2, -0.15) is 13.2 Å². The van der Waals surface area contributed by atoms with E-state index in [1.807, 2.05) is 5.43 Å². The molecule has 0 bridgehead atoms. The Kier molecular flexibility index (Phi) is 4.56. The molecule has 1 aromatic rings. The first-order valence-corrected chi connectivity index (χ1v) is 4.81. The second-order valence-electron chi connectivity index (χ2n) is 2.92. The molecule has 98 valence electrons. The maximum Gasteiger partial charge on any atom is 0.492 e. The van der Waals surface area contributed by atoms with E-state index in [2.05, 4.69) is 17.1 Å². The maximum absolute atomic E-state index is 13.2. The van der Waals surface area contributed by atoms with Crippen LogP contribution in [-0.2, 0) is 9.63 Å².